The molecule has 1 aromatic rings. The Labute approximate surface area is 98.9 Å². The lowest BCUT2D eigenvalue weighted by Crippen LogP contribution is -2.29. The highest BCUT2D eigenvalue weighted by Gasteiger charge is 2.25. The average molecular weight is 259 g/mol. The average Bonchev–Trinajstić information content (AvgIpc) is 2.37. The largest absolute Gasteiger partial charge is 0.486 e. The van der Waals surface area contributed by atoms with Crippen LogP contribution in [0, 0.1) is 0 Å². The molecule has 1 atom stereocenters. The van der Waals surface area contributed by atoms with Gasteiger partial charge in [-0.15, -0.1) is 0 Å². The van der Waals surface area contributed by atoms with E-state index in [1.54, 1.807) is 0 Å². The molecule has 6 nitrogen and oxygen atoms in total. The van der Waals surface area contributed by atoms with Crippen molar-refractivity contribution >= 4 is 9.84 Å². The topological polar surface area (TPSA) is 98.9 Å². The van der Waals surface area contributed by atoms with E-state index < -0.39 is 15.3 Å². The van der Waals surface area contributed by atoms with Gasteiger partial charge in [0.1, 0.15) is 13.2 Å². The van der Waals surface area contributed by atoms with E-state index in [0.717, 1.165) is 0 Å². The van der Waals surface area contributed by atoms with Crippen molar-refractivity contribution in [3.05, 3.63) is 18.2 Å². The molecule has 1 unspecified atom stereocenters. The van der Waals surface area contributed by atoms with Gasteiger partial charge in [-0.2, -0.15) is 0 Å². The second-order valence-corrected chi connectivity index (χ2v) is 5.65. The first-order valence-corrected chi connectivity index (χ1v) is 6.62. The van der Waals surface area contributed by atoms with Crippen LogP contribution in [0.25, 0.3) is 0 Å². The first kappa shape index (κ1) is 12.2. The lowest BCUT2D eigenvalue weighted by atomic mass is 10.3. The summed E-state index contributed by atoms with van der Waals surface area (Å²) in [6.07, 6.45) is 0. The summed E-state index contributed by atoms with van der Waals surface area (Å²) in [7, 11) is -3.83. The molecular formula is C10H13NO5S. The fourth-order valence-electron chi connectivity index (χ4n) is 1.48. The second kappa shape index (κ2) is 4.52. The first-order valence-electron chi connectivity index (χ1n) is 5.07. The molecule has 1 heterocycles. The molecule has 1 aromatic carbocycles. The molecule has 1 aliphatic rings. The van der Waals surface area contributed by atoms with E-state index in [-0.39, 0.29) is 11.4 Å². The van der Waals surface area contributed by atoms with Gasteiger partial charge < -0.3 is 20.3 Å². The van der Waals surface area contributed by atoms with E-state index in [1.165, 1.54) is 18.2 Å². The Morgan fingerprint density at radius 3 is 2.59 bits per heavy atom. The van der Waals surface area contributed by atoms with Gasteiger partial charge in [0.15, 0.2) is 16.9 Å². The van der Waals surface area contributed by atoms with Gasteiger partial charge in [-0.3, -0.25) is 0 Å². The predicted octanol–water partition coefficient (Wildman–Crippen LogP) is -0.491. The van der Waals surface area contributed by atoms with Crippen molar-refractivity contribution in [2.75, 3.05) is 19.8 Å². The van der Waals surface area contributed by atoms with Crippen molar-refractivity contribution in [3.63, 3.8) is 0 Å². The molecule has 0 spiro atoms. The lowest BCUT2D eigenvalue weighted by molar-refractivity contribution is 0.171. The van der Waals surface area contributed by atoms with Gasteiger partial charge in [0.25, 0.3) is 0 Å². The third-order valence-electron chi connectivity index (χ3n) is 2.40. The van der Waals surface area contributed by atoms with Gasteiger partial charge in [-0.1, -0.05) is 0 Å². The Hall–Kier alpha value is -1.31. The van der Waals surface area contributed by atoms with Crippen molar-refractivity contribution in [2.24, 2.45) is 5.73 Å². The van der Waals surface area contributed by atoms with Crippen LogP contribution in [0.1, 0.15) is 0 Å². The van der Waals surface area contributed by atoms with Crippen LogP contribution in [0.2, 0.25) is 0 Å². The zero-order valence-corrected chi connectivity index (χ0v) is 9.81. The molecule has 2 rings (SSSR count). The number of nitrogens with two attached hydrogens (primary N) is 1. The van der Waals surface area contributed by atoms with Crippen LogP contribution in [0.3, 0.4) is 0 Å². The molecule has 0 radical (unpaired) electrons. The molecular weight excluding hydrogens is 246 g/mol. The van der Waals surface area contributed by atoms with E-state index in [1.807, 2.05) is 0 Å². The van der Waals surface area contributed by atoms with Crippen molar-refractivity contribution in [2.45, 2.75) is 10.3 Å². The standard InChI is InChI=1S/C10H13NO5S/c11-6-10(12)17(13,14)7-1-2-8-9(5-7)16-4-3-15-8/h1-2,5,10,12H,3-4,6,11H2. The molecule has 0 bridgehead atoms. The molecule has 94 valence electrons. The highest BCUT2D eigenvalue weighted by Crippen LogP contribution is 2.32. The van der Waals surface area contributed by atoms with Crippen molar-refractivity contribution < 1.29 is 23.0 Å². The number of aliphatic hydroxyl groups is 1. The number of aliphatic hydroxyl groups excluding tert-OH is 1. The van der Waals surface area contributed by atoms with Gasteiger partial charge >= 0.3 is 0 Å². The van der Waals surface area contributed by atoms with Gasteiger partial charge in [-0.05, 0) is 12.1 Å². The number of benzene rings is 1. The van der Waals surface area contributed by atoms with Gasteiger partial charge in [0, 0.05) is 12.6 Å². The Bertz CT molecular complexity index is 513. The molecule has 3 N–H and O–H groups in total. The second-order valence-electron chi connectivity index (χ2n) is 3.54. The first-order chi connectivity index (χ1) is 8.05. The fourth-order valence-corrected chi connectivity index (χ4v) is 2.58. The Kier molecular flexibility index (Phi) is 3.23. The summed E-state index contributed by atoms with van der Waals surface area (Å²) < 4.78 is 34.2. The summed E-state index contributed by atoms with van der Waals surface area (Å²) in [6, 6.07) is 4.20. The fraction of sp³-hybridized carbons (Fsp3) is 0.400. The summed E-state index contributed by atoms with van der Waals surface area (Å²) >= 11 is 0. The molecule has 0 aromatic heterocycles. The van der Waals surface area contributed by atoms with Crippen LogP contribution < -0.4 is 15.2 Å². The van der Waals surface area contributed by atoms with Gasteiger partial charge in [0.05, 0.1) is 4.90 Å². The van der Waals surface area contributed by atoms with E-state index in [4.69, 9.17) is 15.2 Å². The van der Waals surface area contributed by atoms with Crippen molar-refractivity contribution in [3.8, 4) is 11.5 Å². The number of sulfone groups is 1. The van der Waals surface area contributed by atoms with E-state index in [0.29, 0.717) is 24.7 Å². The SMILES string of the molecule is NCC(O)S(=O)(=O)c1ccc2c(c1)OCCO2. The molecule has 17 heavy (non-hydrogen) atoms. The van der Waals surface area contributed by atoms with Crippen LogP contribution in [-0.2, 0) is 9.84 Å². The lowest BCUT2D eigenvalue weighted by Gasteiger charge is -2.19. The van der Waals surface area contributed by atoms with E-state index in [9.17, 15) is 13.5 Å². The number of fused-ring (bicyclic) bond motifs is 1. The molecule has 0 aliphatic carbocycles. The molecule has 0 fully saturated rings. The Morgan fingerprint density at radius 1 is 1.29 bits per heavy atom. The maximum Gasteiger partial charge on any atom is 0.206 e. The minimum atomic E-state index is -3.83. The maximum atomic E-state index is 11.8. The van der Waals surface area contributed by atoms with Crippen molar-refractivity contribution in [1.82, 2.24) is 0 Å². The summed E-state index contributed by atoms with van der Waals surface area (Å²) in [4.78, 5) is -0.0281. The molecule has 1 aliphatic heterocycles. The van der Waals surface area contributed by atoms with E-state index >= 15 is 0 Å². The zero-order chi connectivity index (χ0) is 12.5. The highest BCUT2D eigenvalue weighted by atomic mass is 32.2. The summed E-state index contributed by atoms with van der Waals surface area (Å²) in [5.41, 5.74) is 3.54. The zero-order valence-electron chi connectivity index (χ0n) is 9.00. The Balaban J connectivity index is 2.41. The van der Waals surface area contributed by atoms with Crippen LogP contribution in [-0.4, -0.2) is 38.7 Å². The predicted molar refractivity (Wildman–Crippen MR) is 59.7 cm³/mol. The summed E-state index contributed by atoms with van der Waals surface area (Å²) in [6.45, 7) is 0.456. The van der Waals surface area contributed by atoms with E-state index in [2.05, 4.69) is 0 Å². The number of ether oxygens (including phenoxy) is 2. The number of hydrogen-bond acceptors (Lipinski definition) is 6. The molecule has 0 saturated heterocycles. The summed E-state index contributed by atoms with van der Waals surface area (Å²) in [5.74, 6) is 0.860. The maximum absolute atomic E-state index is 11.8. The molecule has 0 amide bonds. The minimum absolute atomic E-state index is 0.0281. The third-order valence-corrected chi connectivity index (χ3v) is 4.22. The number of hydrogen-bond donors (Lipinski definition) is 2. The smallest absolute Gasteiger partial charge is 0.206 e. The van der Waals surface area contributed by atoms with Crippen LogP contribution in [0.5, 0.6) is 11.5 Å². The van der Waals surface area contributed by atoms with Gasteiger partial charge in [0.2, 0.25) is 9.84 Å². The van der Waals surface area contributed by atoms with Crippen LogP contribution in [0.4, 0.5) is 0 Å². The van der Waals surface area contributed by atoms with Crippen LogP contribution >= 0.6 is 0 Å². The quantitative estimate of drug-likeness (QED) is 0.760. The molecule has 7 heteroatoms. The number of rotatable bonds is 3. The third kappa shape index (κ3) is 2.21. The normalized spacial score (nSPS) is 16.6. The summed E-state index contributed by atoms with van der Waals surface area (Å²) in [5, 5.41) is 9.36. The molecule has 0 saturated carbocycles. The Morgan fingerprint density at radius 2 is 1.94 bits per heavy atom. The monoisotopic (exact) mass is 259 g/mol. The minimum Gasteiger partial charge on any atom is -0.486 e. The van der Waals surface area contributed by atoms with Crippen molar-refractivity contribution in [1.29, 1.82) is 0 Å². The van der Waals surface area contributed by atoms with Gasteiger partial charge in [-0.25, -0.2) is 8.42 Å². The highest BCUT2D eigenvalue weighted by molar-refractivity contribution is 7.91. The van der Waals surface area contributed by atoms with Crippen LogP contribution in [0.15, 0.2) is 23.1 Å².